The minimum absolute atomic E-state index is 0.0555. The van der Waals surface area contributed by atoms with E-state index in [0.717, 1.165) is 19.2 Å². The van der Waals surface area contributed by atoms with Crippen LogP contribution in [-0.2, 0) is 21.3 Å². The number of anilines is 1. The second-order valence-electron chi connectivity index (χ2n) is 7.32. The van der Waals surface area contributed by atoms with Gasteiger partial charge in [-0.15, -0.1) is 0 Å². The maximum atomic E-state index is 13.7. The lowest BCUT2D eigenvalue weighted by atomic mass is 10.2. The van der Waals surface area contributed by atoms with Crippen LogP contribution in [0, 0.1) is 5.82 Å². The molecule has 31 heavy (non-hydrogen) atoms. The van der Waals surface area contributed by atoms with E-state index >= 15 is 0 Å². The summed E-state index contributed by atoms with van der Waals surface area (Å²) >= 11 is 5.90. The third-order valence-electron chi connectivity index (χ3n) is 5.04. The Morgan fingerprint density at radius 1 is 1.26 bits per heavy atom. The van der Waals surface area contributed by atoms with Crippen LogP contribution in [-0.4, -0.2) is 62.7 Å². The molecule has 0 radical (unpaired) electrons. The molecule has 0 amide bonds. The van der Waals surface area contributed by atoms with Crippen LogP contribution in [0.15, 0.2) is 36.5 Å². The number of nitrogens with zero attached hydrogens (tertiary/aromatic N) is 3. The summed E-state index contributed by atoms with van der Waals surface area (Å²) in [5, 5.41) is -0.161. The second-order valence-corrected chi connectivity index (χ2v) is 9.74. The standard InChI is InChI=1S/C21H25ClFN3O4S/c1-16(27)17-3-4-18(24-14-17)15-26(19-5-6-21(23)20(22)13-19)31(28,29)12-2-7-25-8-10-30-11-9-25/h3-6,13-14H,2,7-12,15H2,1H3. The average molecular weight is 470 g/mol. The number of hydrogen-bond acceptors (Lipinski definition) is 6. The van der Waals surface area contributed by atoms with Gasteiger partial charge in [0.1, 0.15) is 5.82 Å². The zero-order valence-corrected chi connectivity index (χ0v) is 18.8. The average Bonchev–Trinajstić information content (AvgIpc) is 2.75. The lowest BCUT2D eigenvalue weighted by Gasteiger charge is -2.28. The number of ketones is 1. The van der Waals surface area contributed by atoms with Crippen LogP contribution in [0.3, 0.4) is 0 Å². The Morgan fingerprint density at radius 3 is 2.61 bits per heavy atom. The molecule has 3 rings (SSSR count). The number of halogens is 2. The van der Waals surface area contributed by atoms with Crippen molar-refractivity contribution in [3.8, 4) is 0 Å². The monoisotopic (exact) mass is 469 g/mol. The Balaban J connectivity index is 1.79. The van der Waals surface area contributed by atoms with Gasteiger partial charge in [0.2, 0.25) is 10.0 Å². The third-order valence-corrected chi connectivity index (χ3v) is 7.15. The van der Waals surface area contributed by atoms with Crippen LogP contribution >= 0.6 is 11.6 Å². The van der Waals surface area contributed by atoms with E-state index in [1.165, 1.54) is 29.6 Å². The molecule has 0 N–H and O–H groups in total. The minimum Gasteiger partial charge on any atom is -0.379 e. The molecule has 1 aliphatic heterocycles. The van der Waals surface area contributed by atoms with Gasteiger partial charge >= 0.3 is 0 Å². The Morgan fingerprint density at radius 2 is 2.00 bits per heavy atom. The van der Waals surface area contributed by atoms with Gasteiger partial charge in [-0.1, -0.05) is 11.6 Å². The summed E-state index contributed by atoms with van der Waals surface area (Å²) in [6.07, 6.45) is 1.86. The van der Waals surface area contributed by atoms with Gasteiger partial charge in [-0.2, -0.15) is 0 Å². The Bertz CT molecular complexity index is 1010. The van der Waals surface area contributed by atoms with Crippen molar-refractivity contribution in [3.05, 3.63) is 58.6 Å². The fraction of sp³-hybridized carbons (Fsp3) is 0.429. The van der Waals surface area contributed by atoms with Crippen LogP contribution in [0.4, 0.5) is 10.1 Å². The van der Waals surface area contributed by atoms with Crippen molar-refractivity contribution in [1.82, 2.24) is 9.88 Å². The predicted octanol–water partition coefficient (Wildman–Crippen LogP) is 3.14. The molecule has 1 saturated heterocycles. The Hall–Kier alpha value is -2.07. The fourth-order valence-corrected chi connectivity index (χ4v) is 4.92. The van der Waals surface area contributed by atoms with Gasteiger partial charge in [-0.05, 0) is 50.2 Å². The van der Waals surface area contributed by atoms with Gasteiger partial charge in [0.15, 0.2) is 5.78 Å². The van der Waals surface area contributed by atoms with E-state index in [1.807, 2.05) is 0 Å². The molecule has 0 bridgehead atoms. The van der Waals surface area contributed by atoms with Crippen LogP contribution in [0.1, 0.15) is 29.4 Å². The number of carbonyl (C=O) groups excluding carboxylic acids is 1. The quantitative estimate of drug-likeness (QED) is 0.525. The largest absolute Gasteiger partial charge is 0.379 e. The van der Waals surface area contributed by atoms with Gasteiger partial charge in [-0.25, -0.2) is 12.8 Å². The lowest BCUT2D eigenvalue weighted by molar-refractivity contribution is 0.0381. The molecule has 0 saturated carbocycles. The number of sulfonamides is 1. The summed E-state index contributed by atoms with van der Waals surface area (Å²) in [6, 6.07) is 7.02. The number of ether oxygens (including phenoxy) is 1. The molecule has 0 spiro atoms. The highest BCUT2D eigenvalue weighted by Gasteiger charge is 2.24. The van der Waals surface area contributed by atoms with Crippen molar-refractivity contribution in [2.24, 2.45) is 0 Å². The van der Waals surface area contributed by atoms with Gasteiger partial charge < -0.3 is 4.74 Å². The third kappa shape index (κ3) is 6.46. The van der Waals surface area contributed by atoms with Crippen molar-refractivity contribution in [2.75, 3.05) is 42.9 Å². The first-order valence-corrected chi connectivity index (χ1v) is 12.0. The number of pyridine rings is 1. The molecule has 0 aliphatic carbocycles. The van der Waals surface area contributed by atoms with Crippen molar-refractivity contribution >= 4 is 33.1 Å². The first-order chi connectivity index (χ1) is 14.8. The van der Waals surface area contributed by atoms with Crippen molar-refractivity contribution < 1.29 is 22.3 Å². The number of rotatable bonds is 9. The van der Waals surface area contributed by atoms with E-state index < -0.39 is 15.8 Å². The molecule has 1 aromatic heterocycles. The van der Waals surface area contributed by atoms with E-state index in [2.05, 4.69) is 9.88 Å². The first kappa shape index (κ1) is 23.6. The van der Waals surface area contributed by atoms with Crippen LogP contribution < -0.4 is 4.31 Å². The summed E-state index contributed by atoms with van der Waals surface area (Å²) in [4.78, 5) is 17.9. The zero-order chi connectivity index (χ0) is 22.4. The summed E-state index contributed by atoms with van der Waals surface area (Å²) in [5.41, 5.74) is 1.16. The maximum absolute atomic E-state index is 13.7. The molecule has 2 heterocycles. The van der Waals surface area contributed by atoms with E-state index in [9.17, 15) is 17.6 Å². The van der Waals surface area contributed by atoms with Crippen molar-refractivity contribution in [1.29, 1.82) is 0 Å². The Labute approximate surface area is 186 Å². The van der Waals surface area contributed by atoms with Gasteiger partial charge in [-0.3, -0.25) is 19.0 Å². The Kier molecular flexibility index (Phi) is 7.99. The summed E-state index contributed by atoms with van der Waals surface area (Å²) in [5.74, 6) is -0.832. The molecular weight excluding hydrogens is 445 g/mol. The number of carbonyl (C=O) groups is 1. The molecular formula is C21H25ClFN3O4S. The molecule has 1 fully saturated rings. The highest BCUT2D eigenvalue weighted by atomic mass is 35.5. The molecule has 1 aliphatic rings. The molecule has 7 nitrogen and oxygen atoms in total. The van der Waals surface area contributed by atoms with E-state index in [1.54, 1.807) is 12.1 Å². The smallest absolute Gasteiger partial charge is 0.235 e. The van der Waals surface area contributed by atoms with Crippen LogP contribution in [0.2, 0.25) is 5.02 Å². The predicted molar refractivity (Wildman–Crippen MR) is 117 cm³/mol. The lowest BCUT2D eigenvalue weighted by Crippen LogP contribution is -2.38. The molecule has 10 heteroatoms. The molecule has 1 aromatic carbocycles. The number of benzene rings is 1. The second kappa shape index (κ2) is 10.5. The van der Waals surface area contributed by atoms with Gasteiger partial charge in [0.25, 0.3) is 0 Å². The zero-order valence-electron chi connectivity index (χ0n) is 17.3. The first-order valence-electron chi connectivity index (χ1n) is 9.98. The SMILES string of the molecule is CC(=O)c1ccc(CN(c2ccc(F)c(Cl)c2)S(=O)(=O)CCCN2CCOCC2)nc1. The minimum atomic E-state index is -3.74. The highest BCUT2D eigenvalue weighted by molar-refractivity contribution is 7.92. The fourth-order valence-electron chi connectivity index (χ4n) is 3.27. The number of aromatic nitrogens is 1. The van der Waals surface area contributed by atoms with E-state index in [0.29, 0.717) is 37.4 Å². The molecule has 0 atom stereocenters. The molecule has 168 valence electrons. The van der Waals surface area contributed by atoms with Crippen LogP contribution in [0.25, 0.3) is 0 Å². The van der Waals surface area contributed by atoms with Crippen molar-refractivity contribution in [2.45, 2.75) is 19.9 Å². The maximum Gasteiger partial charge on any atom is 0.235 e. The molecule has 0 unspecified atom stereocenters. The number of Topliss-reactive ketones (excluding diaryl/α,β-unsaturated/α-hetero) is 1. The van der Waals surface area contributed by atoms with Crippen molar-refractivity contribution in [3.63, 3.8) is 0 Å². The summed E-state index contributed by atoms with van der Waals surface area (Å²) in [6.45, 7) is 4.88. The molecule has 2 aromatic rings. The number of morpholine rings is 1. The van der Waals surface area contributed by atoms with Gasteiger partial charge in [0, 0.05) is 24.8 Å². The normalized spacial score (nSPS) is 15.1. The number of hydrogen-bond donors (Lipinski definition) is 0. The van der Waals surface area contributed by atoms with Gasteiger partial charge in [0.05, 0.1) is 41.9 Å². The van der Waals surface area contributed by atoms with E-state index in [4.69, 9.17) is 16.3 Å². The topological polar surface area (TPSA) is 79.8 Å². The van der Waals surface area contributed by atoms with Crippen LogP contribution in [0.5, 0.6) is 0 Å². The summed E-state index contributed by atoms with van der Waals surface area (Å²) < 4.78 is 46.6. The summed E-state index contributed by atoms with van der Waals surface area (Å²) in [7, 11) is -3.74. The van der Waals surface area contributed by atoms with E-state index in [-0.39, 0.29) is 28.8 Å². The highest BCUT2D eigenvalue weighted by Crippen LogP contribution is 2.26.